The van der Waals surface area contributed by atoms with Crippen molar-refractivity contribution in [2.75, 3.05) is 6.61 Å². The molecular weight excluding hydrogens is 312 g/mol. The second kappa shape index (κ2) is 8.15. The van der Waals surface area contributed by atoms with Crippen molar-refractivity contribution in [1.29, 1.82) is 0 Å². The molecule has 0 unspecified atom stereocenters. The first-order valence-electron chi connectivity index (χ1n) is 8.30. The van der Waals surface area contributed by atoms with Gasteiger partial charge in [-0.3, -0.25) is 0 Å². The van der Waals surface area contributed by atoms with Gasteiger partial charge in [0.15, 0.2) is 0 Å². The average Bonchev–Trinajstić information content (AvgIpc) is 2.68. The Morgan fingerprint density at radius 3 is 2.00 bits per heavy atom. The summed E-state index contributed by atoms with van der Waals surface area (Å²) in [6.45, 7) is 2.73. The fourth-order valence-electron chi connectivity index (χ4n) is 2.50. The van der Waals surface area contributed by atoms with Crippen LogP contribution in [0.3, 0.4) is 0 Å². The molecule has 0 radical (unpaired) electrons. The molecule has 0 N–H and O–H groups in total. The number of esters is 1. The van der Waals surface area contributed by atoms with Crippen molar-refractivity contribution < 1.29 is 14.3 Å². The van der Waals surface area contributed by atoms with Gasteiger partial charge in [-0.1, -0.05) is 54.6 Å². The van der Waals surface area contributed by atoms with Gasteiger partial charge in [0, 0.05) is 0 Å². The van der Waals surface area contributed by atoms with Gasteiger partial charge in [-0.25, -0.2) is 4.79 Å². The number of rotatable bonds is 6. The maximum atomic E-state index is 11.7. The zero-order chi connectivity index (χ0) is 17.5. The van der Waals surface area contributed by atoms with Gasteiger partial charge >= 0.3 is 5.97 Å². The van der Waals surface area contributed by atoms with Crippen LogP contribution in [0.2, 0.25) is 0 Å². The second-order valence-electron chi connectivity index (χ2n) is 5.60. The Morgan fingerprint density at radius 1 is 0.800 bits per heavy atom. The molecule has 3 nitrogen and oxygen atoms in total. The minimum Gasteiger partial charge on any atom is -0.489 e. The number of carbonyl (C=O) groups is 1. The predicted octanol–water partition coefficient (Wildman–Crippen LogP) is 5.11. The van der Waals surface area contributed by atoms with Gasteiger partial charge in [0.05, 0.1) is 12.2 Å². The van der Waals surface area contributed by atoms with Gasteiger partial charge < -0.3 is 9.47 Å². The van der Waals surface area contributed by atoms with Gasteiger partial charge in [0.2, 0.25) is 0 Å². The van der Waals surface area contributed by atoms with Crippen LogP contribution in [0.25, 0.3) is 11.1 Å². The van der Waals surface area contributed by atoms with Crippen LogP contribution in [0, 0.1) is 0 Å². The van der Waals surface area contributed by atoms with Crippen LogP contribution in [0.4, 0.5) is 0 Å². The molecule has 0 fully saturated rings. The lowest BCUT2D eigenvalue weighted by molar-refractivity contribution is 0.0526. The van der Waals surface area contributed by atoms with Gasteiger partial charge in [-0.15, -0.1) is 0 Å². The first-order chi connectivity index (χ1) is 12.3. The van der Waals surface area contributed by atoms with E-state index in [-0.39, 0.29) is 5.97 Å². The molecule has 3 rings (SSSR count). The minimum absolute atomic E-state index is 0.293. The second-order valence-corrected chi connectivity index (χ2v) is 5.60. The standard InChI is InChI=1S/C22H20O3/c1-2-24-22(23)20-10-8-18(9-11-20)19-12-14-21(15-13-19)25-16-17-6-4-3-5-7-17/h3-15H,2,16H2,1H3. The molecular formula is C22H20O3. The molecule has 0 heterocycles. The largest absolute Gasteiger partial charge is 0.489 e. The smallest absolute Gasteiger partial charge is 0.338 e. The highest BCUT2D eigenvalue weighted by atomic mass is 16.5. The maximum Gasteiger partial charge on any atom is 0.338 e. The normalized spacial score (nSPS) is 10.3. The topological polar surface area (TPSA) is 35.5 Å². The van der Waals surface area contributed by atoms with Crippen LogP contribution >= 0.6 is 0 Å². The molecule has 3 aromatic carbocycles. The van der Waals surface area contributed by atoms with Crippen LogP contribution in [-0.4, -0.2) is 12.6 Å². The zero-order valence-corrected chi connectivity index (χ0v) is 14.1. The monoisotopic (exact) mass is 332 g/mol. The zero-order valence-electron chi connectivity index (χ0n) is 14.1. The van der Waals surface area contributed by atoms with E-state index in [9.17, 15) is 4.79 Å². The summed E-state index contributed by atoms with van der Waals surface area (Å²) in [4.78, 5) is 11.7. The molecule has 3 heteroatoms. The van der Waals surface area contributed by atoms with E-state index in [1.54, 1.807) is 19.1 Å². The van der Waals surface area contributed by atoms with E-state index >= 15 is 0 Å². The summed E-state index contributed by atoms with van der Waals surface area (Å²) < 4.78 is 10.8. The average molecular weight is 332 g/mol. The molecule has 0 aliphatic rings. The van der Waals surface area contributed by atoms with Gasteiger partial charge in [-0.05, 0) is 47.9 Å². The molecule has 0 amide bonds. The molecule has 25 heavy (non-hydrogen) atoms. The van der Waals surface area contributed by atoms with E-state index in [2.05, 4.69) is 0 Å². The Kier molecular flexibility index (Phi) is 5.47. The Labute approximate surface area is 147 Å². The highest BCUT2D eigenvalue weighted by molar-refractivity contribution is 5.90. The number of hydrogen-bond donors (Lipinski definition) is 0. The van der Waals surface area contributed by atoms with Crippen molar-refractivity contribution in [3.05, 3.63) is 90.0 Å². The minimum atomic E-state index is -0.293. The summed E-state index contributed by atoms with van der Waals surface area (Å²) >= 11 is 0. The molecule has 0 aromatic heterocycles. The predicted molar refractivity (Wildman–Crippen MR) is 98.6 cm³/mol. The molecule has 0 aliphatic heterocycles. The summed E-state index contributed by atoms with van der Waals surface area (Å²) in [5.41, 5.74) is 3.82. The van der Waals surface area contributed by atoms with Gasteiger partial charge in [0.25, 0.3) is 0 Å². The van der Waals surface area contributed by atoms with Crippen molar-refractivity contribution in [2.45, 2.75) is 13.5 Å². The van der Waals surface area contributed by atoms with Crippen molar-refractivity contribution in [2.24, 2.45) is 0 Å². The molecule has 0 saturated heterocycles. The van der Waals surface area contributed by atoms with Crippen molar-refractivity contribution in [1.82, 2.24) is 0 Å². The quantitative estimate of drug-likeness (QED) is 0.589. The fraction of sp³-hybridized carbons (Fsp3) is 0.136. The lowest BCUT2D eigenvalue weighted by Gasteiger charge is -2.08. The molecule has 0 aliphatic carbocycles. The van der Waals surface area contributed by atoms with E-state index in [1.165, 1.54) is 0 Å². The summed E-state index contributed by atoms with van der Waals surface area (Å²) in [7, 11) is 0. The summed E-state index contributed by atoms with van der Waals surface area (Å²) in [5.74, 6) is 0.537. The van der Waals surface area contributed by atoms with Crippen molar-refractivity contribution in [3.63, 3.8) is 0 Å². The Balaban J connectivity index is 1.64. The lowest BCUT2D eigenvalue weighted by atomic mass is 10.0. The van der Waals surface area contributed by atoms with E-state index in [1.807, 2.05) is 66.7 Å². The highest BCUT2D eigenvalue weighted by Crippen LogP contribution is 2.23. The van der Waals surface area contributed by atoms with Crippen LogP contribution in [0.5, 0.6) is 5.75 Å². The summed E-state index contributed by atoms with van der Waals surface area (Å²) in [6.07, 6.45) is 0. The first-order valence-corrected chi connectivity index (χ1v) is 8.30. The van der Waals surface area contributed by atoms with E-state index in [0.29, 0.717) is 18.8 Å². The molecule has 3 aromatic rings. The summed E-state index contributed by atoms with van der Waals surface area (Å²) in [5, 5.41) is 0. The molecule has 0 spiro atoms. The fourth-order valence-corrected chi connectivity index (χ4v) is 2.50. The van der Waals surface area contributed by atoms with Crippen LogP contribution in [0.15, 0.2) is 78.9 Å². The summed E-state index contributed by atoms with van der Waals surface area (Å²) in [6, 6.07) is 25.4. The van der Waals surface area contributed by atoms with Gasteiger partial charge in [-0.2, -0.15) is 0 Å². The van der Waals surface area contributed by atoms with Crippen LogP contribution in [0.1, 0.15) is 22.8 Å². The molecule has 126 valence electrons. The van der Waals surface area contributed by atoms with Crippen molar-refractivity contribution >= 4 is 5.97 Å². The van der Waals surface area contributed by atoms with E-state index in [0.717, 1.165) is 22.4 Å². The molecule has 0 atom stereocenters. The third-order valence-electron chi connectivity index (χ3n) is 3.83. The Hall–Kier alpha value is -3.07. The third-order valence-corrected chi connectivity index (χ3v) is 3.83. The molecule has 0 saturated carbocycles. The third kappa shape index (κ3) is 4.48. The van der Waals surface area contributed by atoms with E-state index in [4.69, 9.17) is 9.47 Å². The van der Waals surface area contributed by atoms with Gasteiger partial charge in [0.1, 0.15) is 12.4 Å². The number of benzene rings is 3. The lowest BCUT2D eigenvalue weighted by Crippen LogP contribution is -2.03. The van der Waals surface area contributed by atoms with Crippen LogP contribution < -0.4 is 4.74 Å². The number of hydrogen-bond acceptors (Lipinski definition) is 3. The molecule has 0 bridgehead atoms. The van der Waals surface area contributed by atoms with E-state index < -0.39 is 0 Å². The number of carbonyl (C=O) groups excluding carboxylic acids is 1. The first kappa shape index (κ1) is 16.8. The van der Waals surface area contributed by atoms with Crippen molar-refractivity contribution in [3.8, 4) is 16.9 Å². The highest BCUT2D eigenvalue weighted by Gasteiger charge is 2.06. The van der Waals surface area contributed by atoms with Crippen LogP contribution in [-0.2, 0) is 11.3 Å². The Morgan fingerprint density at radius 2 is 1.40 bits per heavy atom. The number of ether oxygens (including phenoxy) is 2. The Bertz CT molecular complexity index is 806. The SMILES string of the molecule is CCOC(=O)c1ccc(-c2ccc(OCc3ccccc3)cc2)cc1. The maximum absolute atomic E-state index is 11.7.